The standard InChI is InChI=1S/C10H14ClN4O13P3/c1-2-10(11)7(16)5(26-8(10)15-9(17)14-6(12)3-13-15)4-25-30(21,22)28-31(23,24)27-29(18,19)20/h1,3,5,7-8,16H,4H2,(H,21,22)(H,23,24)(H2,12,14,17)(H2,18,19,20)/t5-,7+,8-,10?/m1/s1. The van der Waals surface area contributed by atoms with E-state index >= 15 is 0 Å². The van der Waals surface area contributed by atoms with Gasteiger partial charge in [0.25, 0.3) is 0 Å². The molecule has 0 spiro atoms. The van der Waals surface area contributed by atoms with Gasteiger partial charge < -0.3 is 35.2 Å². The molecule has 1 saturated heterocycles. The number of terminal acetylenes is 1. The smallest absolute Gasteiger partial charge is 0.387 e. The Kier molecular flexibility index (Phi) is 7.54. The number of alkyl halides is 1. The van der Waals surface area contributed by atoms with Crippen LogP contribution >= 0.6 is 35.1 Å². The lowest BCUT2D eigenvalue weighted by Crippen LogP contribution is -2.44. The highest BCUT2D eigenvalue weighted by Crippen LogP contribution is 2.66. The molecule has 0 aliphatic carbocycles. The number of phosphoric ester groups is 1. The fraction of sp³-hybridized carbons (Fsp3) is 0.500. The van der Waals surface area contributed by atoms with Crippen LogP contribution in [0.4, 0.5) is 5.82 Å². The molecule has 3 unspecified atom stereocenters. The number of nitrogen functional groups attached to an aromatic ring is 1. The molecular weight excluding hydrogens is 513 g/mol. The van der Waals surface area contributed by atoms with Gasteiger partial charge in [-0.15, -0.1) is 6.42 Å². The third kappa shape index (κ3) is 6.41. The maximum atomic E-state index is 12.0. The normalized spacial score (nSPS) is 30.3. The van der Waals surface area contributed by atoms with Crippen molar-refractivity contribution in [3.05, 3.63) is 16.7 Å². The molecule has 1 aromatic heterocycles. The molecule has 0 radical (unpaired) electrons. The SMILES string of the molecule is C#CC1(Cl)[C@@H](O)[C@@H](COP(=O)(O)OP(=O)(O)OP(=O)(O)O)O[C@H]1n1ncc(N)nc1=O. The van der Waals surface area contributed by atoms with Gasteiger partial charge in [0.2, 0.25) is 0 Å². The number of nitrogens with zero attached hydrogens (tertiary/aromatic N) is 3. The van der Waals surface area contributed by atoms with Gasteiger partial charge in [-0.3, -0.25) is 4.52 Å². The average molecular weight is 527 g/mol. The highest BCUT2D eigenvalue weighted by atomic mass is 35.5. The number of anilines is 1. The van der Waals surface area contributed by atoms with E-state index in [0.717, 1.165) is 6.20 Å². The number of nitrogens with two attached hydrogens (primary N) is 1. The molecule has 21 heteroatoms. The minimum Gasteiger partial charge on any atom is -0.387 e. The molecule has 6 atom stereocenters. The molecule has 1 aromatic rings. The summed E-state index contributed by atoms with van der Waals surface area (Å²) >= 11 is 6.16. The van der Waals surface area contributed by atoms with Crippen molar-refractivity contribution in [2.75, 3.05) is 12.3 Å². The minimum atomic E-state index is -5.75. The Morgan fingerprint density at radius 2 is 1.90 bits per heavy atom. The Morgan fingerprint density at radius 1 is 1.29 bits per heavy atom. The van der Waals surface area contributed by atoms with Crippen molar-refractivity contribution in [1.82, 2.24) is 14.8 Å². The summed E-state index contributed by atoms with van der Waals surface area (Å²) in [6.07, 6.45) is 1.11. The number of aromatic nitrogens is 3. The van der Waals surface area contributed by atoms with Crippen LogP contribution in [-0.2, 0) is 31.6 Å². The average Bonchev–Trinajstić information content (AvgIpc) is 2.82. The zero-order valence-corrected chi connectivity index (χ0v) is 18.2. The lowest BCUT2D eigenvalue weighted by atomic mass is 10.00. The summed E-state index contributed by atoms with van der Waals surface area (Å²) in [4.78, 5) is 48.8. The molecule has 1 aliphatic rings. The molecule has 2 heterocycles. The van der Waals surface area contributed by atoms with Gasteiger partial charge in [0.1, 0.15) is 18.0 Å². The van der Waals surface area contributed by atoms with Crippen molar-refractivity contribution in [2.45, 2.75) is 23.3 Å². The second kappa shape index (κ2) is 8.97. The third-order valence-electron chi connectivity index (χ3n) is 3.44. The first kappa shape index (κ1) is 26.0. The van der Waals surface area contributed by atoms with E-state index in [1.165, 1.54) is 0 Å². The van der Waals surface area contributed by atoms with E-state index in [2.05, 4.69) is 23.2 Å². The first-order valence-corrected chi connectivity index (χ1v) is 12.4. The largest absolute Gasteiger partial charge is 0.490 e. The maximum Gasteiger partial charge on any atom is 0.490 e. The molecule has 2 rings (SSSR count). The molecule has 1 fully saturated rings. The second-order valence-electron chi connectivity index (χ2n) is 5.68. The molecule has 0 aromatic carbocycles. The van der Waals surface area contributed by atoms with Gasteiger partial charge >= 0.3 is 29.2 Å². The van der Waals surface area contributed by atoms with Crippen LogP contribution in [0.5, 0.6) is 0 Å². The molecule has 31 heavy (non-hydrogen) atoms. The molecule has 1 aliphatic heterocycles. The topological polar surface area (TPSA) is 263 Å². The summed E-state index contributed by atoms with van der Waals surface area (Å²) < 4.78 is 51.0. The summed E-state index contributed by atoms with van der Waals surface area (Å²) in [6.45, 7) is -1.07. The van der Waals surface area contributed by atoms with Crippen LogP contribution < -0.4 is 11.4 Å². The van der Waals surface area contributed by atoms with Gasteiger partial charge in [-0.1, -0.05) is 17.5 Å². The molecule has 0 amide bonds. The van der Waals surface area contributed by atoms with Gasteiger partial charge in [0, 0.05) is 0 Å². The third-order valence-corrected chi connectivity index (χ3v) is 7.76. The fourth-order valence-corrected chi connectivity index (χ4v) is 5.59. The van der Waals surface area contributed by atoms with E-state index in [4.69, 9.17) is 43.2 Å². The first-order chi connectivity index (χ1) is 14.0. The lowest BCUT2D eigenvalue weighted by Gasteiger charge is -2.24. The Morgan fingerprint density at radius 3 is 2.42 bits per heavy atom. The van der Waals surface area contributed by atoms with Crippen molar-refractivity contribution in [3.63, 3.8) is 0 Å². The Labute approximate surface area is 177 Å². The summed E-state index contributed by atoms with van der Waals surface area (Å²) in [5.41, 5.74) is 4.26. The van der Waals surface area contributed by atoms with Crippen molar-refractivity contribution in [2.24, 2.45) is 0 Å². The van der Waals surface area contributed by atoms with Crippen LogP contribution in [0.25, 0.3) is 0 Å². The molecule has 174 valence electrons. The van der Waals surface area contributed by atoms with Crippen LogP contribution in [0.2, 0.25) is 0 Å². The van der Waals surface area contributed by atoms with Gasteiger partial charge in [0.05, 0.1) is 12.8 Å². The first-order valence-electron chi connectivity index (χ1n) is 7.49. The van der Waals surface area contributed by atoms with E-state index in [-0.39, 0.29) is 5.82 Å². The van der Waals surface area contributed by atoms with Gasteiger partial charge in [-0.25, -0.2) is 18.5 Å². The van der Waals surface area contributed by atoms with E-state index < -0.39 is 59.1 Å². The molecule has 0 saturated carbocycles. The Hall–Kier alpha value is -1.21. The van der Waals surface area contributed by atoms with E-state index in [9.17, 15) is 28.5 Å². The van der Waals surface area contributed by atoms with Gasteiger partial charge in [-0.2, -0.15) is 23.4 Å². The van der Waals surface area contributed by atoms with Crippen LogP contribution in [0.15, 0.2) is 11.0 Å². The minimum absolute atomic E-state index is 0.245. The Balaban J connectivity index is 2.18. The van der Waals surface area contributed by atoms with Gasteiger partial charge in [-0.05, 0) is 0 Å². The highest BCUT2D eigenvalue weighted by molar-refractivity contribution is 7.66. The van der Waals surface area contributed by atoms with Crippen molar-refractivity contribution < 1.29 is 56.3 Å². The van der Waals surface area contributed by atoms with Crippen LogP contribution in [-0.4, -0.2) is 63.1 Å². The van der Waals surface area contributed by atoms with E-state index in [1.54, 1.807) is 0 Å². The summed E-state index contributed by atoms with van der Waals surface area (Å²) in [5, 5.41) is 14.0. The number of phosphoric acid groups is 3. The number of rotatable bonds is 8. The second-order valence-corrected chi connectivity index (χ2v) is 10.7. The molecule has 0 bridgehead atoms. The molecule has 17 nitrogen and oxygen atoms in total. The monoisotopic (exact) mass is 526 g/mol. The number of hydrogen-bond donors (Lipinski definition) is 6. The number of aliphatic hydroxyl groups excluding tert-OH is 1. The lowest BCUT2D eigenvalue weighted by molar-refractivity contribution is -0.0503. The predicted octanol–water partition coefficient (Wildman–Crippen LogP) is -1.57. The Bertz CT molecular complexity index is 1090. The van der Waals surface area contributed by atoms with Crippen LogP contribution in [0, 0.1) is 12.3 Å². The molecule has 7 N–H and O–H groups in total. The number of aliphatic hydroxyl groups is 1. The van der Waals surface area contributed by atoms with Crippen molar-refractivity contribution >= 4 is 40.9 Å². The summed E-state index contributed by atoms with van der Waals surface area (Å²) in [7, 11) is -16.8. The summed E-state index contributed by atoms with van der Waals surface area (Å²) in [6, 6.07) is 0. The van der Waals surface area contributed by atoms with Crippen molar-refractivity contribution in [3.8, 4) is 12.3 Å². The number of hydrogen-bond acceptors (Lipinski definition) is 12. The van der Waals surface area contributed by atoms with Crippen molar-refractivity contribution in [1.29, 1.82) is 0 Å². The van der Waals surface area contributed by atoms with Crippen LogP contribution in [0.1, 0.15) is 6.23 Å². The number of ether oxygens (including phenoxy) is 1. The summed E-state index contributed by atoms with van der Waals surface area (Å²) in [5.74, 6) is 1.75. The van der Waals surface area contributed by atoms with Gasteiger partial charge in [0.15, 0.2) is 11.1 Å². The highest BCUT2D eigenvalue weighted by Gasteiger charge is 2.57. The zero-order chi connectivity index (χ0) is 23.8. The van der Waals surface area contributed by atoms with E-state index in [0.29, 0.717) is 4.68 Å². The molecular formula is C10H14ClN4O13P3. The van der Waals surface area contributed by atoms with Crippen LogP contribution in [0.3, 0.4) is 0 Å². The zero-order valence-electron chi connectivity index (χ0n) is 14.7. The predicted molar refractivity (Wildman–Crippen MR) is 97.9 cm³/mol. The maximum absolute atomic E-state index is 12.0. The number of halogens is 1. The fourth-order valence-electron chi connectivity index (χ4n) is 2.27. The quantitative estimate of drug-likeness (QED) is 0.127. The van der Waals surface area contributed by atoms with E-state index in [1.807, 2.05) is 5.92 Å².